The van der Waals surface area contributed by atoms with Crippen molar-refractivity contribution < 1.29 is 0 Å². The Bertz CT molecular complexity index is 1350. The third-order valence-electron chi connectivity index (χ3n) is 5.99. The summed E-state index contributed by atoms with van der Waals surface area (Å²) in [6.45, 7) is 6.47. The van der Waals surface area contributed by atoms with Gasteiger partial charge in [0, 0.05) is 41.6 Å². The molecule has 1 aromatic heterocycles. The van der Waals surface area contributed by atoms with Crippen LogP contribution in [0.1, 0.15) is 29.5 Å². The number of fused-ring (bicyclic) bond motifs is 2. The number of benzene rings is 2. The minimum Gasteiger partial charge on any atom is -0.361 e. The highest BCUT2D eigenvalue weighted by atomic mass is 14.9. The number of anilines is 1. The molecule has 0 saturated carbocycles. The Labute approximate surface area is 203 Å². The van der Waals surface area contributed by atoms with Crippen molar-refractivity contribution in [3.63, 3.8) is 0 Å². The number of rotatable bonds is 1. The first kappa shape index (κ1) is 23.1. The van der Waals surface area contributed by atoms with Crippen LogP contribution < -0.4 is 5.32 Å². The third-order valence-corrected chi connectivity index (χ3v) is 5.99. The van der Waals surface area contributed by atoms with Crippen LogP contribution in [0.3, 0.4) is 0 Å². The van der Waals surface area contributed by atoms with E-state index < -0.39 is 0 Å². The van der Waals surface area contributed by atoms with Gasteiger partial charge in [-0.3, -0.25) is 0 Å². The van der Waals surface area contributed by atoms with Crippen molar-refractivity contribution in [1.29, 1.82) is 0 Å². The predicted octanol–water partition coefficient (Wildman–Crippen LogP) is 8.54. The van der Waals surface area contributed by atoms with Crippen LogP contribution in [0.2, 0.25) is 0 Å². The number of nitrogens with zero attached hydrogens (tertiary/aromatic N) is 1. The van der Waals surface area contributed by atoms with Crippen molar-refractivity contribution in [2.24, 2.45) is 7.05 Å². The van der Waals surface area contributed by atoms with Crippen molar-refractivity contribution in [2.75, 3.05) is 5.32 Å². The van der Waals surface area contributed by atoms with E-state index in [1.165, 1.54) is 29.3 Å². The first-order valence-electron chi connectivity index (χ1n) is 11.8. The summed E-state index contributed by atoms with van der Waals surface area (Å²) in [4.78, 5) is 0. The number of hydrogen-bond acceptors (Lipinski definition) is 1. The maximum absolute atomic E-state index is 4.31. The number of aromatic nitrogens is 1. The summed E-state index contributed by atoms with van der Waals surface area (Å²) >= 11 is 0. The number of nitrogens with one attached hydrogen (secondary N) is 1. The minimum atomic E-state index is 0.996. The molecule has 0 fully saturated rings. The predicted molar refractivity (Wildman–Crippen MR) is 149 cm³/mol. The molecule has 2 heterocycles. The van der Waals surface area contributed by atoms with Gasteiger partial charge in [0.1, 0.15) is 0 Å². The molecule has 1 aliphatic heterocycles. The van der Waals surface area contributed by atoms with Gasteiger partial charge in [0.2, 0.25) is 0 Å². The zero-order chi connectivity index (χ0) is 23.8. The van der Waals surface area contributed by atoms with Gasteiger partial charge in [-0.25, -0.2) is 0 Å². The Hall–Kier alpha value is -4.04. The van der Waals surface area contributed by atoms with Crippen molar-refractivity contribution in [3.8, 4) is 0 Å². The van der Waals surface area contributed by atoms with Crippen molar-refractivity contribution in [2.45, 2.75) is 19.8 Å². The molecule has 0 amide bonds. The monoisotopic (exact) mass is 444 g/mol. The maximum Gasteiger partial charge on any atom is 0.0479 e. The summed E-state index contributed by atoms with van der Waals surface area (Å²) in [5.74, 6) is 0. The van der Waals surface area contributed by atoms with E-state index in [4.69, 9.17) is 0 Å². The summed E-state index contributed by atoms with van der Waals surface area (Å²) < 4.78 is 2.16. The molecule has 5 rings (SSSR count). The Balaban J connectivity index is 0.000000398. The fourth-order valence-electron chi connectivity index (χ4n) is 4.15. The molecule has 3 aromatic rings. The summed E-state index contributed by atoms with van der Waals surface area (Å²) in [5.41, 5.74) is 7.89. The zero-order valence-electron chi connectivity index (χ0n) is 20.0. The second-order valence-electron chi connectivity index (χ2n) is 8.50. The molecular formula is C32H32N2. The zero-order valence-corrected chi connectivity index (χ0v) is 20.0. The molecule has 2 heteroatoms. The molecule has 170 valence electrons. The lowest BCUT2D eigenvalue weighted by Gasteiger charge is -2.14. The lowest BCUT2D eigenvalue weighted by atomic mass is 9.97. The highest BCUT2D eigenvalue weighted by Gasteiger charge is 2.08. The van der Waals surface area contributed by atoms with Crippen LogP contribution >= 0.6 is 0 Å². The van der Waals surface area contributed by atoms with Gasteiger partial charge >= 0.3 is 0 Å². The average Bonchev–Trinajstić information content (AvgIpc) is 2.93. The van der Waals surface area contributed by atoms with Gasteiger partial charge in [0.15, 0.2) is 0 Å². The number of para-hydroxylation sites is 2. The third kappa shape index (κ3) is 5.65. The fourth-order valence-corrected chi connectivity index (χ4v) is 4.15. The minimum absolute atomic E-state index is 0.996. The average molecular weight is 445 g/mol. The summed E-state index contributed by atoms with van der Waals surface area (Å²) in [5, 5.41) is 4.62. The standard InChI is InChI=1S/C26H24N2.C6H8/c1-19-17-22(14-15-27-25-12-6-4-10-23(19)25)21-9-8-16-28(3)26-13-7-5-11-24(26)20(2)18-21;1-2-4-6-5-3-1/h4-18,27H,1H2,2-3H3;1-4H,5-6H2/b15-14-,16-8?,20-18?,21-9?,22-17+;. The highest BCUT2D eigenvalue weighted by molar-refractivity contribution is 5.92. The molecule has 2 nitrogen and oxygen atoms in total. The molecule has 0 unspecified atom stereocenters. The summed E-state index contributed by atoms with van der Waals surface area (Å²) in [7, 11) is 2.08. The van der Waals surface area contributed by atoms with Crippen molar-refractivity contribution in [3.05, 3.63) is 139 Å². The number of hydrogen-bond donors (Lipinski definition) is 1. The van der Waals surface area contributed by atoms with Crippen LogP contribution in [-0.4, -0.2) is 4.57 Å². The van der Waals surface area contributed by atoms with Gasteiger partial charge in [-0.2, -0.15) is 0 Å². The molecule has 1 N–H and O–H groups in total. The van der Waals surface area contributed by atoms with Crippen LogP contribution in [0, 0.1) is 6.92 Å². The normalized spacial score (nSPS) is 16.5. The Morgan fingerprint density at radius 3 is 2.38 bits per heavy atom. The molecule has 0 spiro atoms. The van der Waals surface area contributed by atoms with Crippen molar-refractivity contribution in [1.82, 2.24) is 4.57 Å². The van der Waals surface area contributed by atoms with Crippen LogP contribution in [0.4, 0.5) is 5.69 Å². The van der Waals surface area contributed by atoms with E-state index in [2.05, 4.69) is 128 Å². The van der Waals surface area contributed by atoms with Crippen LogP contribution in [0.25, 0.3) is 22.0 Å². The largest absolute Gasteiger partial charge is 0.361 e. The van der Waals surface area contributed by atoms with E-state index in [0.717, 1.165) is 28.0 Å². The maximum atomic E-state index is 4.31. The lowest BCUT2D eigenvalue weighted by Crippen LogP contribution is -1.96. The second-order valence-corrected chi connectivity index (χ2v) is 8.50. The van der Waals surface area contributed by atoms with Gasteiger partial charge in [0.25, 0.3) is 0 Å². The number of allylic oxidation sites excluding steroid dienone is 8. The van der Waals surface area contributed by atoms with E-state index in [1.807, 2.05) is 18.3 Å². The van der Waals surface area contributed by atoms with Gasteiger partial charge in [-0.1, -0.05) is 79.4 Å². The van der Waals surface area contributed by atoms with E-state index in [9.17, 15) is 0 Å². The summed E-state index contributed by atoms with van der Waals surface area (Å²) in [6, 6.07) is 23.2. The van der Waals surface area contributed by atoms with Crippen molar-refractivity contribution >= 4 is 27.7 Å². The van der Waals surface area contributed by atoms with Crippen LogP contribution in [-0.2, 0) is 7.05 Å². The fraction of sp³-hybridized carbons (Fsp3) is 0.125. The van der Waals surface area contributed by atoms with Crippen LogP contribution in [0.5, 0.6) is 0 Å². The molecule has 1 aliphatic carbocycles. The van der Waals surface area contributed by atoms with Gasteiger partial charge in [0.05, 0.1) is 0 Å². The Morgan fingerprint density at radius 2 is 1.62 bits per heavy atom. The molecule has 2 aliphatic rings. The van der Waals surface area contributed by atoms with Crippen LogP contribution in [0.15, 0.2) is 122 Å². The molecule has 0 saturated heterocycles. The molecule has 2 aromatic carbocycles. The quantitative estimate of drug-likeness (QED) is 0.398. The second kappa shape index (κ2) is 11.2. The van der Waals surface area contributed by atoms with E-state index in [0.29, 0.717) is 0 Å². The Kier molecular flexibility index (Phi) is 7.62. The lowest BCUT2D eigenvalue weighted by molar-refractivity contribution is 0.957. The SMILES string of the molecule is C1=CCCC=C1.C=C1/C=C(c2cccn(C)c3ccccc3c(C)c2)\C=C/Nc2ccccc21. The van der Waals surface area contributed by atoms with Gasteiger partial charge < -0.3 is 9.88 Å². The highest BCUT2D eigenvalue weighted by Crippen LogP contribution is 2.30. The molecule has 0 radical (unpaired) electrons. The van der Waals surface area contributed by atoms with E-state index >= 15 is 0 Å². The number of aryl methyl sites for hydroxylation is 2. The topological polar surface area (TPSA) is 17.0 Å². The Morgan fingerprint density at radius 1 is 0.882 bits per heavy atom. The van der Waals surface area contributed by atoms with E-state index in [-0.39, 0.29) is 0 Å². The molecule has 34 heavy (non-hydrogen) atoms. The van der Waals surface area contributed by atoms with Gasteiger partial charge in [-0.15, -0.1) is 0 Å². The van der Waals surface area contributed by atoms with Gasteiger partial charge in [-0.05, 0) is 72.4 Å². The molecule has 0 atom stereocenters. The first-order valence-corrected chi connectivity index (χ1v) is 11.8. The van der Waals surface area contributed by atoms with E-state index in [1.54, 1.807) is 0 Å². The first-order chi connectivity index (χ1) is 16.6. The molecular weight excluding hydrogens is 412 g/mol. The smallest absolute Gasteiger partial charge is 0.0479 e. The molecule has 0 bridgehead atoms. The summed E-state index contributed by atoms with van der Waals surface area (Å²) in [6.07, 6.45) is 19.4.